The second kappa shape index (κ2) is 5.96. The number of carbonyl (C=O) groups excluding carboxylic acids is 2. The van der Waals surface area contributed by atoms with Gasteiger partial charge in [0.1, 0.15) is 0 Å². The van der Waals surface area contributed by atoms with E-state index >= 15 is 0 Å². The fourth-order valence-electron chi connectivity index (χ4n) is 7.29. The normalized spacial score (nSPS) is 45.9. The molecule has 4 rings (SSSR count). The number of rotatable bonds is 2. The van der Waals surface area contributed by atoms with Crippen LogP contribution in [0.3, 0.4) is 0 Å². The number of hydrogen-bond donors (Lipinski definition) is 0. The van der Waals surface area contributed by atoms with Crippen molar-refractivity contribution in [3.05, 3.63) is 11.6 Å². The van der Waals surface area contributed by atoms with Crippen LogP contribution < -0.4 is 0 Å². The molecule has 0 amide bonds. The Morgan fingerprint density at radius 1 is 1.12 bits per heavy atom. The number of ether oxygens (including phenoxy) is 1. The molecule has 0 aromatic rings. The zero-order chi connectivity index (χ0) is 17.8. The molecule has 4 aliphatic rings. The summed E-state index contributed by atoms with van der Waals surface area (Å²) < 4.78 is 4.96. The molecule has 3 fully saturated rings. The maximum absolute atomic E-state index is 11.9. The van der Waals surface area contributed by atoms with E-state index in [0.717, 1.165) is 37.0 Å². The maximum atomic E-state index is 11.9. The molecule has 6 atom stereocenters. The molecule has 0 aromatic carbocycles. The summed E-state index contributed by atoms with van der Waals surface area (Å²) in [5.41, 5.74) is 1.99. The largest absolute Gasteiger partial charge is 0.469 e. The first-order chi connectivity index (χ1) is 11.9. The molecule has 4 aliphatic carbocycles. The molecular formula is C22H32O3. The smallest absolute Gasteiger partial charge is 0.305 e. The number of esters is 1. The highest BCUT2D eigenvalue weighted by Gasteiger charge is 2.58. The fraction of sp³-hybridized carbons (Fsp3) is 0.818. The van der Waals surface area contributed by atoms with Gasteiger partial charge in [-0.2, -0.15) is 0 Å². The van der Waals surface area contributed by atoms with Crippen molar-refractivity contribution in [1.82, 2.24) is 0 Å². The van der Waals surface area contributed by atoms with Crippen LogP contribution in [0.5, 0.6) is 0 Å². The molecule has 0 aromatic heterocycles. The Balaban J connectivity index is 1.59. The van der Waals surface area contributed by atoms with Gasteiger partial charge in [0.15, 0.2) is 5.78 Å². The van der Waals surface area contributed by atoms with Crippen LogP contribution in [-0.4, -0.2) is 18.9 Å². The molecule has 0 N–H and O–H groups in total. The third-order valence-electron chi connectivity index (χ3n) is 8.80. The van der Waals surface area contributed by atoms with Gasteiger partial charge < -0.3 is 4.74 Å². The van der Waals surface area contributed by atoms with E-state index in [-0.39, 0.29) is 11.4 Å². The summed E-state index contributed by atoms with van der Waals surface area (Å²) in [6.45, 7) is 4.89. The van der Waals surface area contributed by atoms with E-state index in [0.29, 0.717) is 23.5 Å². The molecular weight excluding hydrogens is 312 g/mol. The van der Waals surface area contributed by atoms with Crippen LogP contribution in [0.15, 0.2) is 11.6 Å². The molecule has 25 heavy (non-hydrogen) atoms. The van der Waals surface area contributed by atoms with Crippen LogP contribution in [0.1, 0.15) is 71.6 Å². The molecule has 3 heteroatoms. The molecule has 0 saturated heterocycles. The lowest BCUT2D eigenvalue weighted by Gasteiger charge is -2.58. The van der Waals surface area contributed by atoms with Gasteiger partial charge in [-0.25, -0.2) is 0 Å². The minimum absolute atomic E-state index is 0.0411. The predicted molar refractivity (Wildman–Crippen MR) is 96.8 cm³/mol. The van der Waals surface area contributed by atoms with Gasteiger partial charge in [-0.05, 0) is 85.5 Å². The third kappa shape index (κ3) is 2.52. The molecule has 3 nitrogen and oxygen atoms in total. The number of hydrogen-bond acceptors (Lipinski definition) is 3. The maximum Gasteiger partial charge on any atom is 0.305 e. The van der Waals surface area contributed by atoms with Crippen molar-refractivity contribution in [3.63, 3.8) is 0 Å². The molecule has 0 heterocycles. The van der Waals surface area contributed by atoms with Gasteiger partial charge in [0.05, 0.1) is 7.11 Å². The predicted octanol–water partition coefficient (Wildman–Crippen LogP) is 4.70. The van der Waals surface area contributed by atoms with Crippen molar-refractivity contribution in [2.45, 2.75) is 71.6 Å². The Morgan fingerprint density at radius 3 is 2.68 bits per heavy atom. The minimum atomic E-state index is -0.0411. The standard InChI is InChI=1S/C22H32O3/c1-21-10-8-16(23)12-14(21)4-6-17-18-7-5-15(13-20(24)25-3)22(18,2)11-9-19(17)21/h12,15,17-19H,4-11,13H2,1-3H3/t15-,17+,18+,19+,21+,22-/m1/s1. The van der Waals surface area contributed by atoms with Crippen molar-refractivity contribution < 1.29 is 14.3 Å². The molecule has 3 saturated carbocycles. The lowest BCUT2D eigenvalue weighted by atomic mass is 9.47. The topological polar surface area (TPSA) is 43.4 Å². The Hall–Kier alpha value is -1.12. The molecule has 0 bridgehead atoms. The first-order valence-corrected chi connectivity index (χ1v) is 10.2. The quantitative estimate of drug-likeness (QED) is 0.682. The summed E-state index contributed by atoms with van der Waals surface area (Å²) in [5, 5.41) is 0. The van der Waals surface area contributed by atoms with Crippen LogP contribution in [0.4, 0.5) is 0 Å². The molecule has 0 spiro atoms. The number of fused-ring (bicyclic) bond motifs is 5. The highest BCUT2D eigenvalue weighted by Crippen LogP contribution is 2.66. The van der Waals surface area contributed by atoms with Crippen molar-refractivity contribution in [2.24, 2.45) is 34.5 Å². The Bertz CT molecular complexity index is 621. The number of carbonyl (C=O) groups is 2. The van der Waals surface area contributed by atoms with Crippen LogP contribution in [0.2, 0.25) is 0 Å². The van der Waals surface area contributed by atoms with E-state index in [9.17, 15) is 9.59 Å². The second-order valence-electron chi connectivity index (χ2n) is 9.57. The van der Waals surface area contributed by atoms with Crippen molar-refractivity contribution >= 4 is 11.8 Å². The van der Waals surface area contributed by atoms with Gasteiger partial charge in [-0.3, -0.25) is 9.59 Å². The van der Waals surface area contributed by atoms with E-state index in [2.05, 4.69) is 13.8 Å². The summed E-state index contributed by atoms with van der Waals surface area (Å²) >= 11 is 0. The van der Waals surface area contributed by atoms with E-state index in [4.69, 9.17) is 4.74 Å². The zero-order valence-electron chi connectivity index (χ0n) is 16.0. The molecule has 138 valence electrons. The molecule has 0 radical (unpaired) electrons. The molecule has 0 aliphatic heterocycles. The average Bonchev–Trinajstić information content (AvgIpc) is 2.92. The lowest BCUT2D eigenvalue weighted by molar-refractivity contribution is -0.143. The molecule has 0 unspecified atom stereocenters. The van der Waals surface area contributed by atoms with Gasteiger partial charge in [0.2, 0.25) is 0 Å². The van der Waals surface area contributed by atoms with Crippen LogP contribution in [0.25, 0.3) is 0 Å². The van der Waals surface area contributed by atoms with Gasteiger partial charge in [0.25, 0.3) is 0 Å². The van der Waals surface area contributed by atoms with E-state index in [1.54, 1.807) is 0 Å². The average molecular weight is 344 g/mol. The first-order valence-electron chi connectivity index (χ1n) is 10.2. The number of allylic oxidation sites excluding steroid dienone is 1. The minimum Gasteiger partial charge on any atom is -0.469 e. The summed E-state index contributed by atoms with van der Waals surface area (Å²) in [6.07, 6.45) is 11.7. The van der Waals surface area contributed by atoms with Crippen molar-refractivity contribution in [2.75, 3.05) is 7.11 Å². The van der Waals surface area contributed by atoms with Crippen LogP contribution >= 0.6 is 0 Å². The number of methoxy groups -OCH3 is 1. The van der Waals surface area contributed by atoms with Crippen LogP contribution in [0, 0.1) is 34.5 Å². The summed E-state index contributed by atoms with van der Waals surface area (Å²) in [4.78, 5) is 23.8. The lowest BCUT2D eigenvalue weighted by Crippen LogP contribution is -2.50. The number of ketones is 1. The summed E-state index contributed by atoms with van der Waals surface area (Å²) in [7, 11) is 1.51. The van der Waals surface area contributed by atoms with Crippen molar-refractivity contribution in [3.8, 4) is 0 Å². The fourth-order valence-corrected chi connectivity index (χ4v) is 7.29. The zero-order valence-corrected chi connectivity index (χ0v) is 16.0. The first kappa shape index (κ1) is 17.3. The van der Waals surface area contributed by atoms with Gasteiger partial charge in [0, 0.05) is 12.8 Å². The van der Waals surface area contributed by atoms with Gasteiger partial charge >= 0.3 is 5.97 Å². The highest BCUT2D eigenvalue weighted by molar-refractivity contribution is 5.91. The Morgan fingerprint density at radius 2 is 1.92 bits per heavy atom. The Labute approximate surface area is 151 Å². The Kier molecular flexibility index (Phi) is 4.12. The van der Waals surface area contributed by atoms with Gasteiger partial charge in [-0.1, -0.05) is 19.4 Å². The van der Waals surface area contributed by atoms with E-state index in [1.165, 1.54) is 44.8 Å². The van der Waals surface area contributed by atoms with Crippen LogP contribution in [-0.2, 0) is 14.3 Å². The third-order valence-corrected chi connectivity index (χ3v) is 8.80. The monoisotopic (exact) mass is 344 g/mol. The second-order valence-corrected chi connectivity index (χ2v) is 9.57. The SMILES string of the molecule is COC(=O)C[C@H]1CC[C@H]2[C@@H]3CCC4=CC(=O)CC[C@]4(C)[C@H]3CC[C@]12C. The van der Waals surface area contributed by atoms with E-state index in [1.807, 2.05) is 6.08 Å². The van der Waals surface area contributed by atoms with Crippen molar-refractivity contribution in [1.29, 1.82) is 0 Å². The summed E-state index contributed by atoms with van der Waals surface area (Å²) in [5.74, 6) is 3.04. The van der Waals surface area contributed by atoms with E-state index < -0.39 is 0 Å². The highest BCUT2D eigenvalue weighted by atomic mass is 16.5. The van der Waals surface area contributed by atoms with Gasteiger partial charge in [-0.15, -0.1) is 0 Å². The summed E-state index contributed by atoms with van der Waals surface area (Å²) in [6, 6.07) is 0.